The fourth-order valence-electron chi connectivity index (χ4n) is 1.26. The Bertz CT molecular complexity index is 290. The predicted octanol–water partition coefficient (Wildman–Crippen LogP) is 1.11. The monoisotopic (exact) mass is 179 g/mol. The molecule has 0 amide bonds. The minimum absolute atomic E-state index is 0.0109. The molecule has 0 aliphatic rings. The van der Waals surface area contributed by atoms with E-state index in [1.54, 1.807) is 4.68 Å². The molecule has 1 aromatic heterocycles. The molecule has 2 N–H and O–H groups in total. The van der Waals surface area contributed by atoms with E-state index in [1.165, 1.54) is 5.56 Å². The molecule has 13 heavy (non-hydrogen) atoms. The maximum Gasteiger partial charge on any atom is 0.0521 e. The summed E-state index contributed by atoms with van der Waals surface area (Å²) < 4.78 is 1.80. The lowest BCUT2D eigenvalue weighted by molar-refractivity contribution is 0.439. The van der Waals surface area contributed by atoms with Crippen LogP contribution in [0.5, 0.6) is 0 Å². The molecule has 0 saturated heterocycles. The number of rotatable bonds is 4. The molecule has 0 aromatic carbocycles. The van der Waals surface area contributed by atoms with Crippen molar-refractivity contribution in [3.05, 3.63) is 30.6 Å². The summed E-state index contributed by atoms with van der Waals surface area (Å²) in [7, 11) is 1.91. The summed E-state index contributed by atoms with van der Waals surface area (Å²) in [6, 6.07) is 0. The Morgan fingerprint density at radius 1 is 1.77 bits per heavy atom. The third kappa shape index (κ3) is 2.42. The van der Waals surface area contributed by atoms with Gasteiger partial charge in [-0.2, -0.15) is 5.10 Å². The average molecular weight is 179 g/mol. The van der Waals surface area contributed by atoms with Gasteiger partial charge in [0, 0.05) is 25.2 Å². The van der Waals surface area contributed by atoms with Gasteiger partial charge in [-0.05, 0) is 12.0 Å². The minimum Gasteiger partial charge on any atom is -0.330 e. The molecule has 0 aliphatic carbocycles. The summed E-state index contributed by atoms with van der Waals surface area (Å²) in [5, 5.41) is 4.11. The molecule has 0 bridgehead atoms. The molecule has 0 aliphatic heterocycles. The van der Waals surface area contributed by atoms with Crippen LogP contribution in [0.3, 0.4) is 0 Å². The van der Waals surface area contributed by atoms with Crippen LogP contribution in [-0.2, 0) is 13.5 Å². The highest BCUT2D eigenvalue weighted by Crippen LogP contribution is 2.21. The summed E-state index contributed by atoms with van der Waals surface area (Å²) >= 11 is 0. The molecule has 72 valence electrons. The van der Waals surface area contributed by atoms with E-state index in [9.17, 15) is 0 Å². The summed E-state index contributed by atoms with van der Waals surface area (Å²) in [4.78, 5) is 0. The van der Waals surface area contributed by atoms with E-state index in [1.807, 2.05) is 25.5 Å². The normalized spacial score (nSPS) is 15.3. The molecular weight excluding hydrogens is 162 g/mol. The van der Waals surface area contributed by atoms with Crippen molar-refractivity contribution in [3.63, 3.8) is 0 Å². The molecule has 0 spiro atoms. The van der Waals surface area contributed by atoms with Gasteiger partial charge >= 0.3 is 0 Å². The third-order valence-corrected chi connectivity index (χ3v) is 2.33. The van der Waals surface area contributed by atoms with Crippen molar-refractivity contribution < 1.29 is 0 Å². The van der Waals surface area contributed by atoms with Gasteiger partial charge in [-0.3, -0.25) is 4.68 Å². The highest BCUT2D eigenvalue weighted by Gasteiger charge is 2.19. The van der Waals surface area contributed by atoms with Gasteiger partial charge in [0.2, 0.25) is 0 Å². The van der Waals surface area contributed by atoms with Gasteiger partial charge in [0.1, 0.15) is 0 Å². The topological polar surface area (TPSA) is 43.8 Å². The first-order valence-electron chi connectivity index (χ1n) is 4.41. The SMILES string of the molecule is C=CC(C)(CN)Cc1cnn(C)c1. The Morgan fingerprint density at radius 2 is 2.46 bits per heavy atom. The molecule has 0 radical (unpaired) electrons. The summed E-state index contributed by atoms with van der Waals surface area (Å²) in [6.45, 7) is 6.52. The van der Waals surface area contributed by atoms with E-state index < -0.39 is 0 Å². The van der Waals surface area contributed by atoms with E-state index in [0.717, 1.165) is 6.42 Å². The molecule has 1 unspecified atom stereocenters. The first-order chi connectivity index (χ1) is 6.09. The van der Waals surface area contributed by atoms with Gasteiger partial charge in [-0.25, -0.2) is 0 Å². The van der Waals surface area contributed by atoms with Crippen LogP contribution in [0, 0.1) is 5.41 Å². The van der Waals surface area contributed by atoms with Crippen molar-refractivity contribution >= 4 is 0 Å². The zero-order valence-corrected chi connectivity index (χ0v) is 8.33. The van der Waals surface area contributed by atoms with Crippen LogP contribution >= 0.6 is 0 Å². The summed E-state index contributed by atoms with van der Waals surface area (Å²) in [6.07, 6.45) is 6.70. The van der Waals surface area contributed by atoms with E-state index in [0.29, 0.717) is 6.54 Å². The predicted molar refractivity (Wildman–Crippen MR) is 54.3 cm³/mol. The molecule has 3 heteroatoms. The zero-order chi connectivity index (χ0) is 9.90. The van der Waals surface area contributed by atoms with Crippen LogP contribution in [0.4, 0.5) is 0 Å². The van der Waals surface area contributed by atoms with Crippen molar-refractivity contribution in [2.24, 2.45) is 18.2 Å². The smallest absolute Gasteiger partial charge is 0.0521 e. The lowest BCUT2D eigenvalue weighted by Crippen LogP contribution is -2.26. The van der Waals surface area contributed by atoms with Gasteiger partial charge in [-0.1, -0.05) is 13.0 Å². The zero-order valence-electron chi connectivity index (χ0n) is 8.33. The maximum atomic E-state index is 5.67. The van der Waals surface area contributed by atoms with Crippen LogP contribution in [0.1, 0.15) is 12.5 Å². The molecule has 0 saturated carbocycles. The second kappa shape index (κ2) is 3.75. The lowest BCUT2D eigenvalue weighted by Gasteiger charge is -2.22. The van der Waals surface area contributed by atoms with Gasteiger partial charge in [0.25, 0.3) is 0 Å². The van der Waals surface area contributed by atoms with Crippen molar-refractivity contribution in [1.82, 2.24) is 9.78 Å². The molecule has 1 heterocycles. The van der Waals surface area contributed by atoms with Crippen molar-refractivity contribution in [1.29, 1.82) is 0 Å². The van der Waals surface area contributed by atoms with Gasteiger partial charge < -0.3 is 5.73 Å². The highest BCUT2D eigenvalue weighted by atomic mass is 15.2. The standard InChI is InChI=1S/C10H17N3/c1-4-10(2,8-11)5-9-6-12-13(3)7-9/h4,6-7H,1,5,8,11H2,2-3H3. The third-order valence-electron chi connectivity index (χ3n) is 2.33. The Kier molecular flexibility index (Phi) is 2.88. The van der Waals surface area contributed by atoms with E-state index in [-0.39, 0.29) is 5.41 Å². The van der Waals surface area contributed by atoms with Crippen LogP contribution < -0.4 is 5.73 Å². The van der Waals surface area contributed by atoms with Crippen molar-refractivity contribution in [2.45, 2.75) is 13.3 Å². The van der Waals surface area contributed by atoms with Gasteiger partial charge in [-0.15, -0.1) is 6.58 Å². The Labute approximate surface area is 79.2 Å². The van der Waals surface area contributed by atoms with Crippen LogP contribution in [0.15, 0.2) is 25.0 Å². The molecule has 0 fully saturated rings. The summed E-state index contributed by atoms with van der Waals surface area (Å²) in [5.74, 6) is 0. The average Bonchev–Trinajstić information content (AvgIpc) is 2.51. The van der Waals surface area contributed by atoms with Crippen LogP contribution in [0.2, 0.25) is 0 Å². The van der Waals surface area contributed by atoms with Crippen molar-refractivity contribution in [3.8, 4) is 0 Å². The quantitative estimate of drug-likeness (QED) is 0.704. The van der Waals surface area contributed by atoms with Crippen LogP contribution in [0.25, 0.3) is 0 Å². The number of nitrogens with zero attached hydrogens (tertiary/aromatic N) is 2. The molecule has 1 atom stereocenters. The van der Waals surface area contributed by atoms with Gasteiger partial charge in [0.15, 0.2) is 0 Å². The second-order valence-corrected chi connectivity index (χ2v) is 3.76. The number of nitrogens with two attached hydrogens (primary N) is 1. The lowest BCUT2D eigenvalue weighted by atomic mass is 9.85. The first-order valence-corrected chi connectivity index (χ1v) is 4.41. The van der Waals surface area contributed by atoms with Crippen molar-refractivity contribution in [2.75, 3.05) is 6.54 Å². The summed E-state index contributed by atoms with van der Waals surface area (Å²) in [5.41, 5.74) is 6.87. The fraction of sp³-hybridized carbons (Fsp3) is 0.500. The maximum absolute atomic E-state index is 5.67. The number of aromatic nitrogens is 2. The van der Waals surface area contributed by atoms with E-state index in [4.69, 9.17) is 5.73 Å². The minimum atomic E-state index is -0.0109. The van der Waals surface area contributed by atoms with E-state index in [2.05, 4.69) is 18.6 Å². The Balaban J connectivity index is 2.72. The largest absolute Gasteiger partial charge is 0.330 e. The fourth-order valence-corrected chi connectivity index (χ4v) is 1.26. The number of aryl methyl sites for hydroxylation is 1. The van der Waals surface area contributed by atoms with Gasteiger partial charge in [0.05, 0.1) is 6.20 Å². The molecular formula is C10H17N3. The molecule has 1 rings (SSSR count). The second-order valence-electron chi connectivity index (χ2n) is 3.76. The first kappa shape index (κ1) is 9.99. The Hall–Kier alpha value is -1.09. The molecule has 3 nitrogen and oxygen atoms in total. The highest BCUT2D eigenvalue weighted by molar-refractivity contribution is 5.10. The van der Waals surface area contributed by atoms with E-state index >= 15 is 0 Å². The number of hydrogen-bond acceptors (Lipinski definition) is 2. The Morgan fingerprint density at radius 3 is 2.85 bits per heavy atom. The number of hydrogen-bond donors (Lipinski definition) is 1. The molecule has 1 aromatic rings. The van der Waals surface area contributed by atoms with Crippen LogP contribution in [-0.4, -0.2) is 16.3 Å².